The number of carbonyl (C=O) groups excluding carboxylic acids is 1. The number of hydrogen-bond donors (Lipinski definition) is 1. The number of rotatable bonds is 5. The summed E-state index contributed by atoms with van der Waals surface area (Å²) in [4.78, 5) is 17.0. The summed E-state index contributed by atoms with van der Waals surface area (Å²) in [5, 5.41) is 5.91. The Hall–Kier alpha value is -2.47. The second-order valence-electron chi connectivity index (χ2n) is 10.3. The van der Waals surface area contributed by atoms with Crippen molar-refractivity contribution in [1.82, 2.24) is 4.98 Å². The van der Waals surface area contributed by atoms with E-state index in [0.717, 1.165) is 24.1 Å². The zero-order chi connectivity index (χ0) is 23.3. The van der Waals surface area contributed by atoms with E-state index in [0.29, 0.717) is 17.7 Å². The Morgan fingerprint density at radius 1 is 1.06 bits per heavy atom. The van der Waals surface area contributed by atoms with Gasteiger partial charge in [0.05, 0.1) is 17.3 Å². The molecule has 1 fully saturated rings. The van der Waals surface area contributed by atoms with Crippen LogP contribution in [0.25, 0.3) is 0 Å². The smallest absolute Gasteiger partial charge is 0.261 e. The molecule has 2 aliphatic rings. The number of amides is 1. The number of benzene rings is 2. The summed E-state index contributed by atoms with van der Waals surface area (Å²) in [6.45, 7) is 7.50. The number of aromatic nitrogens is 1. The summed E-state index contributed by atoms with van der Waals surface area (Å²) in [6.07, 6.45) is 3.20. The zero-order valence-electron chi connectivity index (χ0n) is 19.3. The highest BCUT2D eigenvalue weighted by molar-refractivity contribution is 6.99. The van der Waals surface area contributed by atoms with Gasteiger partial charge in [-0.25, -0.2) is 4.98 Å². The lowest BCUT2D eigenvalue weighted by Crippen LogP contribution is -2.67. The highest BCUT2D eigenvalue weighted by Gasteiger charge is 2.57. The largest absolute Gasteiger partial charge is 0.407 e. The van der Waals surface area contributed by atoms with Crippen molar-refractivity contribution in [2.75, 3.05) is 11.9 Å². The van der Waals surface area contributed by atoms with Gasteiger partial charge in [0.15, 0.2) is 0 Å². The van der Waals surface area contributed by atoms with Gasteiger partial charge in [-0.05, 0) is 45.8 Å². The molecule has 3 aromatic rings. The van der Waals surface area contributed by atoms with Gasteiger partial charge < -0.3 is 9.74 Å². The molecule has 0 saturated heterocycles. The first-order valence-corrected chi connectivity index (χ1v) is 13.8. The average Bonchev–Trinajstić information content (AvgIpc) is 3.05. The number of halogens is 1. The van der Waals surface area contributed by atoms with Crippen molar-refractivity contribution in [3.8, 4) is 0 Å². The topological polar surface area (TPSA) is 51.2 Å². The standard InChI is InChI=1S/C27H29ClN2O2Si/c1-26(2,3)33(20-10-6-4-7-11-20,21-12-8-5-9-13-21)32-18-19-15-27(16-19)22-14-24(28)29-17-23(22)30-25(27)31/h4-14,17,19H,15-16,18H2,1-3H3,(H,30,31). The summed E-state index contributed by atoms with van der Waals surface area (Å²) >= 11 is 6.15. The first-order valence-electron chi connectivity index (χ1n) is 11.5. The number of anilines is 1. The first kappa shape index (κ1) is 22.3. The van der Waals surface area contributed by atoms with Gasteiger partial charge >= 0.3 is 0 Å². The monoisotopic (exact) mass is 476 g/mol. The van der Waals surface area contributed by atoms with Crippen molar-refractivity contribution in [2.45, 2.75) is 44.1 Å². The van der Waals surface area contributed by atoms with E-state index in [-0.39, 0.29) is 10.9 Å². The normalized spacial score (nSPS) is 22.1. The van der Waals surface area contributed by atoms with E-state index in [9.17, 15) is 4.79 Å². The SMILES string of the molecule is CC(C)(C)[Si](OCC1CC2(C1)C(=O)Nc1cnc(Cl)cc12)(c1ccccc1)c1ccccc1. The van der Waals surface area contributed by atoms with Crippen LogP contribution in [0.5, 0.6) is 0 Å². The average molecular weight is 477 g/mol. The Bertz CT molecular complexity index is 1130. The van der Waals surface area contributed by atoms with Crippen LogP contribution in [-0.4, -0.2) is 25.8 Å². The Morgan fingerprint density at radius 3 is 2.18 bits per heavy atom. The fourth-order valence-corrected chi connectivity index (χ4v) is 10.5. The molecule has 1 aliphatic carbocycles. The quantitative estimate of drug-likeness (QED) is 0.420. The molecule has 0 unspecified atom stereocenters. The molecule has 4 nitrogen and oxygen atoms in total. The molecule has 1 N–H and O–H groups in total. The fraction of sp³-hybridized carbons (Fsp3) is 0.333. The van der Waals surface area contributed by atoms with E-state index in [1.54, 1.807) is 6.20 Å². The van der Waals surface area contributed by atoms with Crippen LogP contribution >= 0.6 is 11.6 Å². The van der Waals surface area contributed by atoms with Crippen LogP contribution in [0, 0.1) is 5.92 Å². The zero-order valence-corrected chi connectivity index (χ0v) is 21.0. The second kappa shape index (κ2) is 8.08. The molecular formula is C27H29ClN2O2Si. The highest BCUT2D eigenvalue weighted by atomic mass is 35.5. The van der Waals surface area contributed by atoms with Gasteiger partial charge in [-0.3, -0.25) is 4.79 Å². The van der Waals surface area contributed by atoms with E-state index in [4.69, 9.17) is 16.0 Å². The molecule has 6 heteroatoms. The summed E-state index contributed by atoms with van der Waals surface area (Å²) < 4.78 is 7.09. The number of hydrogen-bond acceptors (Lipinski definition) is 3. The lowest BCUT2D eigenvalue weighted by atomic mass is 9.59. The third-order valence-corrected chi connectivity index (χ3v) is 12.5. The maximum atomic E-state index is 12.9. The van der Waals surface area contributed by atoms with E-state index in [1.165, 1.54) is 10.4 Å². The molecule has 2 heterocycles. The molecule has 0 bridgehead atoms. The molecule has 0 radical (unpaired) electrons. The van der Waals surface area contributed by atoms with Crippen LogP contribution in [0.3, 0.4) is 0 Å². The molecule has 2 aromatic carbocycles. The minimum absolute atomic E-state index is 0.0586. The van der Waals surface area contributed by atoms with E-state index >= 15 is 0 Å². The number of nitrogens with one attached hydrogen (secondary N) is 1. The van der Waals surface area contributed by atoms with Gasteiger partial charge in [0.25, 0.3) is 8.32 Å². The Balaban J connectivity index is 1.44. The van der Waals surface area contributed by atoms with Crippen molar-refractivity contribution >= 4 is 41.9 Å². The van der Waals surface area contributed by atoms with Crippen LogP contribution in [0.15, 0.2) is 72.9 Å². The minimum Gasteiger partial charge on any atom is -0.407 e. The van der Waals surface area contributed by atoms with Crippen LogP contribution in [0.2, 0.25) is 10.2 Å². The Labute approximate surface area is 201 Å². The van der Waals surface area contributed by atoms with E-state index in [2.05, 4.69) is 91.7 Å². The lowest BCUT2D eigenvalue weighted by Gasteiger charge is -2.47. The third kappa shape index (κ3) is 3.54. The highest BCUT2D eigenvalue weighted by Crippen LogP contribution is 2.54. The molecule has 170 valence electrons. The summed E-state index contributed by atoms with van der Waals surface area (Å²) in [5.41, 5.74) is 1.27. The van der Waals surface area contributed by atoms with Gasteiger partial charge in [-0.1, -0.05) is 93.0 Å². The van der Waals surface area contributed by atoms with E-state index in [1.807, 2.05) is 6.07 Å². The molecular weight excluding hydrogens is 448 g/mol. The van der Waals surface area contributed by atoms with Crippen LogP contribution in [0.1, 0.15) is 39.2 Å². The van der Waals surface area contributed by atoms with Crippen LogP contribution in [-0.2, 0) is 14.6 Å². The Kier molecular flexibility index (Phi) is 5.47. The van der Waals surface area contributed by atoms with Gasteiger partial charge in [0.2, 0.25) is 5.91 Å². The number of fused-ring (bicyclic) bond motifs is 2. The molecule has 1 amide bonds. The number of carbonyl (C=O) groups is 1. The summed E-state index contributed by atoms with van der Waals surface area (Å²) in [7, 11) is -2.57. The van der Waals surface area contributed by atoms with Crippen molar-refractivity contribution in [3.05, 3.63) is 83.6 Å². The maximum absolute atomic E-state index is 12.9. The molecule has 1 spiro atoms. The van der Waals surface area contributed by atoms with Crippen molar-refractivity contribution < 1.29 is 9.22 Å². The van der Waals surface area contributed by atoms with Gasteiger partial charge in [-0.2, -0.15) is 0 Å². The lowest BCUT2D eigenvalue weighted by molar-refractivity contribution is -0.126. The summed E-state index contributed by atoms with van der Waals surface area (Å²) in [6, 6.07) is 23.2. The van der Waals surface area contributed by atoms with Crippen molar-refractivity contribution in [3.63, 3.8) is 0 Å². The number of pyridine rings is 1. The van der Waals surface area contributed by atoms with Crippen molar-refractivity contribution in [1.29, 1.82) is 0 Å². The third-order valence-electron chi connectivity index (χ3n) is 7.30. The maximum Gasteiger partial charge on any atom is 0.261 e. The Morgan fingerprint density at radius 2 is 1.64 bits per heavy atom. The van der Waals surface area contributed by atoms with Gasteiger partial charge in [0, 0.05) is 6.61 Å². The van der Waals surface area contributed by atoms with E-state index < -0.39 is 13.7 Å². The number of nitrogens with zero attached hydrogens (tertiary/aromatic N) is 1. The minimum atomic E-state index is -2.57. The fourth-order valence-electron chi connectivity index (χ4n) is 5.74. The van der Waals surface area contributed by atoms with Crippen LogP contribution in [0.4, 0.5) is 5.69 Å². The summed E-state index contributed by atoms with van der Waals surface area (Å²) in [5.74, 6) is 0.374. The first-order chi connectivity index (χ1) is 15.8. The van der Waals surface area contributed by atoms with Gasteiger partial charge in [0.1, 0.15) is 5.15 Å². The molecule has 1 aliphatic heterocycles. The van der Waals surface area contributed by atoms with Gasteiger partial charge in [-0.15, -0.1) is 0 Å². The second-order valence-corrected chi connectivity index (χ2v) is 15.0. The molecule has 33 heavy (non-hydrogen) atoms. The van der Waals surface area contributed by atoms with Crippen LogP contribution < -0.4 is 15.7 Å². The molecule has 5 rings (SSSR count). The predicted molar refractivity (Wildman–Crippen MR) is 136 cm³/mol. The molecule has 1 aromatic heterocycles. The van der Waals surface area contributed by atoms with Crippen molar-refractivity contribution in [2.24, 2.45) is 5.92 Å². The predicted octanol–water partition coefficient (Wildman–Crippen LogP) is 4.91. The molecule has 0 atom stereocenters. The molecule has 1 saturated carbocycles.